The normalized spacial score (nSPS) is 14.8. The maximum atomic E-state index is 12.2. The van der Waals surface area contributed by atoms with Gasteiger partial charge in [-0.05, 0) is 43.5 Å². The second-order valence-electron chi connectivity index (χ2n) is 6.46. The van der Waals surface area contributed by atoms with E-state index in [-0.39, 0.29) is 6.03 Å². The average Bonchev–Trinajstić information content (AvgIpc) is 2.64. The van der Waals surface area contributed by atoms with Crippen LogP contribution in [0.15, 0.2) is 48.5 Å². The number of carbonyl (C=O) groups is 1. The Bertz CT molecular complexity index is 694. The average molecular weight is 340 g/mol. The van der Waals surface area contributed by atoms with E-state index in [1.165, 1.54) is 37.9 Å². The number of likely N-dealkylation sites (tertiary alicyclic amines) is 1. The summed E-state index contributed by atoms with van der Waals surface area (Å²) < 4.78 is 5.24. The monoisotopic (exact) mass is 340 g/mol. The van der Waals surface area contributed by atoms with E-state index >= 15 is 0 Å². The molecule has 0 aliphatic carbocycles. The van der Waals surface area contributed by atoms with Gasteiger partial charge in [-0.3, -0.25) is 0 Å². The highest BCUT2D eigenvalue weighted by Crippen LogP contribution is 2.23. The molecule has 0 unspecified atom stereocenters. The van der Waals surface area contributed by atoms with Crippen molar-refractivity contribution in [1.29, 1.82) is 0 Å². The molecule has 0 spiro atoms. The highest BCUT2D eigenvalue weighted by Gasteiger charge is 2.14. The third-order valence-electron chi connectivity index (χ3n) is 4.58. The Labute approximate surface area is 149 Å². The summed E-state index contributed by atoms with van der Waals surface area (Å²) in [5, 5.41) is 5.67. The number of anilines is 2. The molecule has 25 heavy (non-hydrogen) atoms. The fraction of sp³-hybridized carbons (Fsp3) is 0.350. The van der Waals surface area contributed by atoms with Crippen molar-refractivity contribution in [3.63, 3.8) is 0 Å². The highest BCUT2D eigenvalue weighted by molar-refractivity contribution is 6.00. The van der Waals surface area contributed by atoms with Gasteiger partial charge in [-0.15, -0.1) is 0 Å². The molecule has 1 aliphatic heterocycles. The van der Waals surface area contributed by atoms with Crippen LogP contribution in [0.4, 0.5) is 16.2 Å². The number of amides is 2. The molecule has 0 saturated carbocycles. The van der Waals surface area contributed by atoms with Crippen LogP contribution in [0.5, 0.6) is 5.75 Å². The van der Waals surface area contributed by atoms with Crippen molar-refractivity contribution in [1.82, 2.24) is 0 Å². The summed E-state index contributed by atoms with van der Waals surface area (Å²) in [6.07, 6.45) is 4.03. The van der Waals surface area contributed by atoms with Crippen LogP contribution in [0.1, 0.15) is 24.8 Å². The molecule has 5 nitrogen and oxygen atoms in total. The van der Waals surface area contributed by atoms with E-state index in [0.717, 1.165) is 12.2 Å². The number of carbonyl (C=O) groups excluding carboxylic acids is 1. The van der Waals surface area contributed by atoms with Gasteiger partial charge in [0.2, 0.25) is 0 Å². The van der Waals surface area contributed by atoms with Gasteiger partial charge < -0.3 is 20.3 Å². The number of methoxy groups -OCH3 is 1. The molecule has 3 N–H and O–H groups in total. The molecule has 132 valence electrons. The molecule has 1 saturated heterocycles. The van der Waals surface area contributed by atoms with Crippen LogP contribution >= 0.6 is 0 Å². The molecule has 1 heterocycles. The van der Waals surface area contributed by atoms with Crippen molar-refractivity contribution >= 4 is 17.4 Å². The number of piperidine rings is 1. The van der Waals surface area contributed by atoms with Crippen molar-refractivity contribution in [3.8, 4) is 5.75 Å². The van der Waals surface area contributed by atoms with Crippen LogP contribution in [0.2, 0.25) is 0 Å². The zero-order valence-corrected chi connectivity index (χ0v) is 14.7. The minimum Gasteiger partial charge on any atom is -0.495 e. The summed E-state index contributed by atoms with van der Waals surface area (Å²) in [5.41, 5.74) is 2.74. The molecule has 3 rings (SSSR count). The maximum absolute atomic E-state index is 12.2. The van der Waals surface area contributed by atoms with Gasteiger partial charge in [-0.1, -0.05) is 24.3 Å². The molecule has 5 heteroatoms. The van der Waals surface area contributed by atoms with Crippen molar-refractivity contribution in [2.24, 2.45) is 0 Å². The first-order valence-corrected chi connectivity index (χ1v) is 8.88. The lowest BCUT2D eigenvalue weighted by atomic mass is 10.1. The SMILES string of the molecule is COc1ccccc1NC(=O)Nc1ccc(C[NH+]2CCCCC2)cc1. The Morgan fingerprint density at radius 3 is 2.44 bits per heavy atom. The fourth-order valence-corrected chi connectivity index (χ4v) is 3.26. The number of benzene rings is 2. The van der Waals surface area contributed by atoms with E-state index in [1.807, 2.05) is 36.4 Å². The third-order valence-corrected chi connectivity index (χ3v) is 4.58. The lowest BCUT2D eigenvalue weighted by Gasteiger charge is -2.23. The predicted octanol–water partition coefficient (Wildman–Crippen LogP) is 2.91. The second-order valence-corrected chi connectivity index (χ2v) is 6.46. The van der Waals surface area contributed by atoms with Crippen LogP contribution in [-0.4, -0.2) is 26.2 Å². The fourth-order valence-electron chi connectivity index (χ4n) is 3.26. The Balaban J connectivity index is 1.54. The van der Waals surface area contributed by atoms with Gasteiger partial charge in [-0.25, -0.2) is 4.79 Å². The summed E-state index contributed by atoms with van der Waals surface area (Å²) in [6, 6.07) is 15.2. The van der Waals surface area contributed by atoms with E-state index in [4.69, 9.17) is 4.74 Å². The third kappa shape index (κ3) is 4.97. The van der Waals surface area contributed by atoms with E-state index in [2.05, 4.69) is 22.8 Å². The number of hydrogen-bond acceptors (Lipinski definition) is 2. The summed E-state index contributed by atoms with van der Waals surface area (Å²) in [6.45, 7) is 3.59. The molecule has 0 radical (unpaired) electrons. The van der Waals surface area contributed by atoms with E-state index in [9.17, 15) is 4.79 Å². The molecule has 1 aliphatic rings. The van der Waals surface area contributed by atoms with Gasteiger partial charge in [0.05, 0.1) is 25.9 Å². The smallest absolute Gasteiger partial charge is 0.323 e. The Morgan fingerprint density at radius 1 is 1.00 bits per heavy atom. The van der Waals surface area contributed by atoms with Crippen LogP contribution in [0.3, 0.4) is 0 Å². The minimum atomic E-state index is -0.279. The van der Waals surface area contributed by atoms with Gasteiger partial charge in [0.15, 0.2) is 0 Å². The van der Waals surface area contributed by atoms with Crippen molar-refractivity contribution in [2.45, 2.75) is 25.8 Å². The highest BCUT2D eigenvalue weighted by atomic mass is 16.5. The van der Waals surface area contributed by atoms with Gasteiger partial charge in [0, 0.05) is 11.3 Å². The largest absolute Gasteiger partial charge is 0.495 e. The van der Waals surface area contributed by atoms with Crippen molar-refractivity contribution in [2.75, 3.05) is 30.8 Å². The van der Waals surface area contributed by atoms with Gasteiger partial charge in [-0.2, -0.15) is 0 Å². The Morgan fingerprint density at radius 2 is 1.72 bits per heavy atom. The molecular formula is C20H26N3O2+. The molecule has 2 aromatic rings. The standard InChI is InChI=1S/C20H25N3O2/c1-25-19-8-4-3-7-18(19)22-20(24)21-17-11-9-16(10-12-17)15-23-13-5-2-6-14-23/h3-4,7-12H,2,5-6,13-15H2,1H3,(H2,21,22,24)/p+1. The number of ether oxygens (including phenoxy) is 1. The zero-order chi connectivity index (χ0) is 17.5. The first kappa shape index (κ1) is 17.3. The number of para-hydroxylation sites is 2. The summed E-state index contributed by atoms with van der Waals surface area (Å²) >= 11 is 0. The lowest BCUT2D eigenvalue weighted by molar-refractivity contribution is -0.918. The quantitative estimate of drug-likeness (QED) is 0.784. The van der Waals surface area contributed by atoms with Gasteiger partial charge in [0.25, 0.3) is 0 Å². The number of nitrogens with one attached hydrogen (secondary N) is 3. The first-order valence-electron chi connectivity index (χ1n) is 8.88. The molecular weight excluding hydrogens is 314 g/mol. The molecule has 1 fully saturated rings. The topological polar surface area (TPSA) is 54.8 Å². The number of urea groups is 1. The van der Waals surface area contributed by atoms with Crippen LogP contribution in [-0.2, 0) is 6.54 Å². The van der Waals surface area contributed by atoms with Crippen molar-refractivity contribution in [3.05, 3.63) is 54.1 Å². The molecule has 0 aromatic heterocycles. The van der Waals surface area contributed by atoms with E-state index in [1.54, 1.807) is 12.0 Å². The molecule has 2 amide bonds. The number of rotatable bonds is 5. The molecule has 2 aromatic carbocycles. The van der Waals surface area contributed by atoms with E-state index in [0.29, 0.717) is 11.4 Å². The predicted molar refractivity (Wildman–Crippen MR) is 100 cm³/mol. The van der Waals surface area contributed by atoms with Crippen LogP contribution in [0, 0.1) is 0 Å². The lowest BCUT2D eigenvalue weighted by Crippen LogP contribution is -3.11. The van der Waals surface area contributed by atoms with E-state index < -0.39 is 0 Å². The maximum Gasteiger partial charge on any atom is 0.323 e. The summed E-state index contributed by atoms with van der Waals surface area (Å²) in [5.74, 6) is 0.637. The van der Waals surface area contributed by atoms with Crippen LogP contribution < -0.4 is 20.3 Å². The second kappa shape index (κ2) is 8.53. The van der Waals surface area contributed by atoms with Gasteiger partial charge >= 0.3 is 6.03 Å². The Kier molecular flexibility index (Phi) is 5.90. The first-order chi connectivity index (χ1) is 12.2. The van der Waals surface area contributed by atoms with Crippen LogP contribution in [0.25, 0.3) is 0 Å². The minimum absolute atomic E-state index is 0.279. The Hall–Kier alpha value is -2.53. The number of quaternary nitrogens is 1. The summed E-state index contributed by atoms with van der Waals surface area (Å²) in [4.78, 5) is 13.8. The molecule has 0 bridgehead atoms. The van der Waals surface area contributed by atoms with Gasteiger partial charge in [0.1, 0.15) is 12.3 Å². The summed E-state index contributed by atoms with van der Waals surface area (Å²) in [7, 11) is 1.58. The molecule has 0 atom stereocenters. The van der Waals surface area contributed by atoms with Crippen molar-refractivity contribution < 1.29 is 14.4 Å². The number of hydrogen-bond donors (Lipinski definition) is 3. The zero-order valence-electron chi connectivity index (χ0n) is 14.7.